The van der Waals surface area contributed by atoms with Gasteiger partial charge in [0.1, 0.15) is 17.4 Å². The molecule has 0 bridgehead atoms. The van der Waals surface area contributed by atoms with E-state index < -0.39 is 5.97 Å². The summed E-state index contributed by atoms with van der Waals surface area (Å²) in [5.74, 6) is 1.53. The Kier molecular flexibility index (Phi) is 7.48. The fraction of sp³-hybridized carbons (Fsp3) is 0.581. The molecule has 38 heavy (non-hydrogen) atoms. The van der Waals surface area contributed by atoms with Crippen LogP contribution in [-0.4, -0.2) is 74.2 Å². The minimum atomic E-state index is -0.623. The number of likely N-dealkylation sites (tertiary alicyclic amines) is 2. The number of carboxylic acids is 1. The number of aromatic nitrogens is 3. The molecule has 0 radical (unpaired) electrons. The molecule has 1 unspecified atom stereocenters. The van der Waals surface area contributed by atoms with Crippen LogP contribution in [0.1, 0.15) is 68.3 Å². The van der Waals surface area contributed by atoms with E-state index in [9.17, 15) is 9.90 Å². The quantitative estimate of drug-likeness (QED) is 0.471. The third-order valence-corrected chi connectivity index (χ3v) is 9.48. The van der Waals surface area contributed by atoms with E-state index in [0.29, 0.717) is 17.9 Å². The van der Waals surface area contributed by atoms with Gasteiger partial charge in [-0.05, 0) is 62.1 Å². The molecule has 3 fully saturated rings. The summed E-state index contributed by atoms with van der Waals surface area (Å²) in [4.78, 5) is 26.9. The van der Waals surface area contributed by atoms with Crippen molar-refractivity contribution in [3.63, 3.8) is 0 Å². The van der Waals surface area contributed by atoms with Crippen LogP contribution in [0, 0.1) is 18.8 Å². The van der Waals surface area contributed by atoms with E-state index in [0.717, 1.165) is 75.4 Å². The average Bonchev–Trinajstić information content (AvgIpc) is 3.50. The number of imidazole rings is 1. The molecule has 1 N–H and O–H groups in total. The Bertz CT molecular complexity index is 1230. The molecule has 4 heterocycles. The molecule has 3 atom stereocenters. The van der Waals surface area contributed by atoms with Crippen LogP contribution in [0.25, 0.3) is 11.2 Å². The summed E-state index contributed by atoms with van der Waals surface area (Å²) in [6, 6.07) is 14.9. The van der Waals surface area contributed by atoms with Gasteiger partial charge in [0.15, 0.2) is 5.65 Å². The number of carboxylic acid groups (broad SMARTS) is 1. The predicted octanol–water partition coefficient (Wildman–Crippen LogP) is 5.13. The number of piperidine rings is 1. The highest BCUT2D eigenvalue weighted by Crippen LogP contribution is 2.39. The first-order chi connectivity index (χ1) is 18.6. The Morgan fingerprint density at radius 2 is 1.76 bits per heavy atom. The second kappa shape index (κ2) is 11.1. The van der Waals surface area contributed by atoms with Gasteiger partial charge in [-0.1, -0.05) is 49.6 Å². The Balaban J connectivity index is 1.16. The number of rotatable bonds is 7. The van der Waals surface area contributed by atoms with E-state index in [1.54, 1.807) is 0 Å². The molecule has 7 heteroatoms. The molecular weight excluding hydrogens is 474 g/mol. The first-order valence-electron chi connectivity index (χ1n) is 14.6. The van der Waals surface area contributed by atoms with Crippen LogP contribution >= 0.6 is 0 Å². The monoisotopic (exact) mass is 515 g/mol. The molecule has 3 aromatic rings. The van der Waals surface area contributed by atoms with E-state index in [4.69, 9.17) is 4.98 Å². The van der Waals surface area contributed by atoms with Gasteiger partial charge in [0, 0.05) is 50.9 Å². The smallest absolute Gasteiger partial charge is 0.321 e. The lowest BCUT2D eigenvalue weighted by Crippen LogP contribution is -2.46. The van der Waals surface area contributed by atoms with Gasteiger partial charge >= 0.3 is 5.97 Å². The van der Waals surface area contributed by atoms with Crippen molar-refractivity contribution in [2.45, 2.75) is 69.9 Å². The minimum Gasteiger partial charge on any atom is -0.480 e. The lowest BCUT2D eigenvalue weighted by Gasteiger charge is -2.36. The summed E-state index contributed by atoms with van der Waals surface area (Å²) in [6.45, 7) is 6.96. The maximum absolute atomic E-state index is 12.5. The van der Waals surface area contributed by atoms with Gasteiger partial charge in [-0.15, -0.1) is 0 Å². The van der Waals surface area contributed by atoms with E-state index >= 15 is 0 Å². The third kappa shape index (κ3) is 5.10. The third-order valence-electron chi connectivity index (χ3n) is 9.48. The topological polar surface area (TPSA) is 74.5 Å². The van der Waals surface area contributed by atoms with Gasteiger partial charge in [0.2, 0.25) is 0 Å². The van der Waals surface area contributed by atoms with Crippen LogP contribution in [0.4, 0.5) is 0 Å². The van der Waals surface area contributed by atoms with Crippen molar-refractivity contribution in [1.29, 1.82) is 0 Å². The Hall–Kier alpha value is -2.77. The van der Waals surface area contributed by atoms with E-state index in [-0.39, 0.29) is 12.0 Å². The minimum absolute atomic E-state index is 0.286. The molecule has 2 saturated heterocycles. The van der Waals surface area contributed by atoms with Crippen LogP contribution in [0.15, 0.2) is 48.7 Å². The lowest BCUT2D eigenvalue weighted by atomic mass is 9.83. The molecule has 202 valence electrons. The molecule has 0 amide bonds. The van der Waals surface area contributed by atoms with Crippen LogP contribution < -0.4 is 0 Å². The van der Waals surface area contributed by atoms with E-state index in [1.165, 1.54) is 24.8 Å². The molecule has 1 aliphatic carbocycles. The predicted molar refractivity (Wildman–Crippen MR) is 149 cm³/mol. The number of hydrogen-bond donors (Lipinski definition) is 1. The van der Waals surface area contributed by atoms with Crippen molar-refractivity contribution >= 4 is 17.1 Å². The van der Waals surface area contributed by atoms with E-state index in [1.807, 2.05) is 18.3 Å². The van der Waals surface area contributed by atoms with E-state index in [2.05, 4.69) is 56.6 Å². The van der Waals surface area contributed by atoms with Gasteiger partial charge in [-0.2, -0.15) is 0 Å². The zero-order chi connectivity index (χ0) is 26.1. The molecule has 1 saturated carbocycles. The highest BCUT2D eigenvalue weighted by Gasteiger charge is 2.43. The number of hydrogen-bond acceptors (Lipinski definition) is 5. The van der Waals surface area contributed by atoms with Crippen molar-refractivity contribution in [2.75, 3.05) is 32.7 Å². The van der Waals surface area contributed by atoms with Gasteiger partial charge < -0.3 is 14.6 Å². The molecule has 1 aromatic carbocycles. The Morgan fingerprint density at radius 3 is 2.50 bits per heavy atom. The van der Waals surface area contributed by atoms with Crippen molar-refractivity contribution in [3.05, 3.63) is 60.0 Å². The number of aliphatic carboxylic acids is 1. The normalized spacial score (nSPS) is 25.2. The second-order valence-corrected chi connectivity index (χ2v) is 11.8. The van der Waals surface area contributed by atoms with Crippen LogP contribution in [0.2, 0.25) is 0 Å². The van der Waals surface area contributed by atoms with Crippen LogP contribution in [-0.2, 0) is 4.79 Å². The van der Waals surface area contributed by atoms with Gasteiger partial charge in [0.25, 0.3) is 0 Å². The SMILES string of the molecule is Cc1nc2cccnc2n1C1CCN(C[C@H]2CN([C@@H](C(=O)O)C3CCCCC3)CC2c2ccccc2)CC1. The highest BCUT2D eigenvalue weighted by atomic mass is 16.4. The summed E-state index contributed by atoms with van der Waals surface area (Å²) in [5.41, 5.74) is 3.34. The number of benzene rings is 1. The zero-order valence-electron chi connectivity index (χ0n) is 22.6. The summed E-state index contributed by atoms with van der Waals surface area (Å²) in [7, 11) is 0. The molecule has 2 aliphatic heterocycles. The summed E-state index contributed by atoms with van der Waals surface area (Å²) < 4.78 is 2.35. The van der Waals surface area contributed by atoms with Gasteiger partial charge in [0.05, 0.1) is 0 Å². The van der Waals surface area contributed by atoms with Crippen molar-refractivity contribution in [1.82, 2.24) is 24.3 Å². The molecule has 6 rings (SSSR count). The van der Waals surface area contributed by atoms with Gasteiger partial charge in [-0.25, -0.2) is 9.97 Å². The number of aryl methyl sites for hydroxylation is 1. The Morgan fingerprint density at radius 1 is 1.00 bits per heavy atom. The number of nitrogens with zero attached hydrogens (tertiary/aromatic N) is 5. The fourth-order valence-electron chi connectivity index (χ4n) is 7.67. The number of fused-ring (bicyclic) bond motifs is 1. The molecule has 7 nitrogen and oxygen atoms in total. The van der Waals surface area contributed by atoms with Crippen molar-refractivity contribution in [3.8, 4) is 0 Å². The summed E-state index contributed by atoms with van der Waals surface area (Å²) in [6.07, 6.45) is 9.75. The first kappa shape index (κ1) is 25.5. The van der Waals surface area contributed by atoms with Crippen LogP contribution in [0.3, 0.4) is 0 Å². The molecule has 2 aromatic heterocycles. The van der Waals surface area contributed by atoms with Crippen LogP contribution in [0.5, 0.6) is 0 Å². The molecular formula is C31H41N5O2. The molecule has 3 aliphatic rings. The Labute approximate surface area is 225 Å². The summed E-state index contributed by atoms with van der Waals surface area (Å²) >= 11 is 0. The maximum Gasteiger partial charge on any atom is 0.321 e. The zero-order valence-corrected chi connectivity index (χ0v) is 22.6. The second-order valence-electron chi connectivity index (χ2n) is 11.8. The lowest BCUT2D eigenvalue weighted by molar-refractivity contribution is -0.145. The molecule has 0 spiro atoms. The number of carbonyl (C=O) groups is 1. The average molecular weight is 516 g/mol. The summed E-state index contributed by atoms with van der Waals surface area (Å²) in [5, 5.41) is 10.3. The fourth-order valence-corrected chi connectivity index (χ4v) is 7.67. The maximum atomic E-state index is 12.5. The largest absolute Gasteiger partial charge is 0.480 e. The van der Waals surface area contributed by atoms with Gasteiger partial charge in [-0.3, -0.25) is 9.69 Å². The van der Waals surface area contributed by atoms with Crippen molar-refractivity contribution in [2.24, 2.45) is 11.8 Å². The number of pyridine rings is 1. The standard InChI is InChI=1S/C31H41N5O2/c1-22-33-28-13-8-16-32-30(28)36(22)26-14-17-34(18-15-26)19-25-20-35(21-27(25)23-9-4-2-5-10-23)29(31(37)38)24-11-6-3-7-12-24/h2,4-5,8-10,13,16,24-27,29H,3,6-7,11-12,14-15,17-21H2,1H3,(H,37,38)/t25-,27?,29+/m0/s1. The van der Waals surface area contributed by atoms with Crippen molar-refractivity contribution < 1.29 is 9.90 Å². The first-order valence-corrected chi connectivity index (χ1v) is 14.6. The highest BCUT2D eigenvalue weighted by molar-refractivity contribution is 5.74.